The van der Waals surface area contributed by atoms with Crippen LogP contribution in [0.5, 0.6) is 0 Å². The Kier molecular flexibility index (Phi) is 3.66. The summed E-state index contributed by atoms with van der Waals surface area (Å²) in [5.41, 5.74) is 4.25. The summed E-state index contributed by atoms with van der Waals surface area (Å²) in [4.78, 5) is 12.7. The number of ketones is 1. The number of hydrogen-bond acceptors (Lipinski definition) is 2. The van der Waals surface area contributed by atoms with Crippen LogP contribution >= 0.6 is 0 Å². The molecule has 1 aliphatic rings. The van der Waals surface area contributed by atoms with Crippen LogP contribution < -0.4 is 0 Å². The van der Waals surface area contributed by atoms with Gasteiger partial charge < -0.3 is 4.74 Å². The number of Topliss-reactive ketones (excluding diaryl/α,β-unsaturated/α-hetero) is 1. The summed E-state index contributed by atoms with van der Waals surface area (Å²) in [5.74, 6) is 0.143. The Hall–Kier alpha value is -1.93. The first kappa shape index (κ1) is 13.1. The molecule has 1 atom stereocenters. The van der Waals surface area contributed by atoms with Gasteiger partial charge in [-0.3, -0.25) is 4.79 Å². The van der Waals surface area contributed by atoms with E-state index in [0.29, 0.717) is 13.2 Å². The minimum atomic E-state index is -0.0587. The topological polar surface area (TPSA) is 26.3 Å². The summed E-state index contributed by atoms with van der Waals surface area (Å²) in [6, 6.07) is 16.0. The van der Waals surface area contributed by atoms with Crippen LogP contribution in [0.25, 0.3) is 0 Å². The van der Waals surface area contributed by atoms with E-state index in [1.165, 1.54) is 5.56 Å². The van der Waals surface area contributed by atoms with Gasteiger partial charge in [-0.25, -0.2) is 0 Å². The number of rotatable bonds is 4. The second kappa shape index (κ2) is 5.59. The lowest BCUT2D eigenvalue weighted by atomic mass is 9.88. The third kappa shape index (κ3) is 2.39. The van der Waals surface area contributed by atoms with Gasteiger partial charge in [-0.1, -0.05) is 49.4 Å². The van der Waals surface area contributed by atoms with Crippen molar-refractivity contribution >= 4 is 5.78 Å². The molecule has 0 fully saturated rings. The van der Waals surface area contributed by atoms with Gasteiger partial charge in [0.05, 0.1) is 13.2 Å². The van der Waals surface area contributed by atoms with E-state index in [2.05, 4.69) is 6.92 Å². The third-order valence-electron chi connectivity index (χ3n) is 3.93. The zero-order chi connectivity index (χ0) is 13.9. The number of fused-ring (bicyclic) bond motifs is 1. The molecule has 0 saturated carbocycles. The summed E-state index contributed by atoms with van der Waals surface area (Å²) >= 11 is 0. The fraction of sp³-hybridized carbons (Fsp3) is 0.278. The predicted molar refractivity (Wildman–Crippen MR) is 78.7 cm³/mol. The van der Waals surface area contributed by atoms with E-state index >= 15 is 0 Å². The minimum Gasteiger partial charge on any atom is -0.372 e. The lowest BCUT2D eigenvalue weighted by Gasteiger charge is -2.14. The molecule has 2 aromatic rings. The Balaban J connectivity index is 1.91. The number of carbonyl (C=O) groups excluding carboxylic acids is 1. The summed E-state index contributed by atoms with van der Waals surface area (Å²) in [7, 11) is 0. The Bertz CT molecular complexity index is 617. The molecular weight excluding hydrogens is 248 g/mol. The molecule has 0 radical (unpaired) electrons. The third-order valence-corrected chi connectivity index (χ3v) is 3.93. The Morgan fingerprint density at radius 1 is 1.10 bits per heavy atom. The lowest BCUT2D eigenvalue weighted by Crippen LogP contribution is -2.12. The van der Waals surface area contributed by atoms with E-state index < -0.39 is 0 Å². The van der Waals surface area contributed by atoms with Crippen molar-refractivity contribution in [2.45, 2.75) is 32.5 Å². The quantitative estimate of drug-likeness (QED) is 0.779. The van der Waals surface area contributed by atoms with E-state index in [0.717, 1.165) is 23.1 Å². The van der Waals surface area contributed by atoms with Gasteiger partial charge in [-0.05, 0) is 29.2 Å². The normalized spacial score (nSPS) is 14.8. The van der Waals surface area contributed by atoms with Crippen molar-refractivity contribution < 1.29 is 9.53 Å². The second-order valence-electron chi connectivity index (χ2n) is 5.21. The largest absolute Gasteiger partial charge is 0.372 e. The maximum absolute atomic E-state index is 12.7. The van der Waals surface area contributed by atoms with Crippen molar-refractivity contribution in [2.75, 3.05) is 0 Å². The molecule has 1 aliphatic heterocycles. The predicted octanol–water partition coefficient (Wildman–Crippen LogP) is 4.09. The average molecular weight is 266 g/mol. The van der Waals surface area contributed by atoms with Crippen LogP contribution in [0.1, 0.15) is 46.3 Å². The molecule has 102 valence electrons. The smallest absolute Gasteiger partial charge is 0.170 e. The van der Waals surface area contributed by atoms with Crippen LogP contribution in [0.2, 0.25) is 0 Å². The van der Waals surface area contributed by atoms with Gasteiger partial charge in [0.25, 0.3) is 0 Å². The van der Waals surface area contributed by atoms with Gasteiger partial charge in [0.1, 0.15) is 0 Å². The van der Waals surface area contributed by atoms with Gasteiger partial charge in [-0.2, -0.15) is 0 Å². The zero-order valence-corrected chi connectivity index (χ0v) is 11.6. The summed E-state index contributed by atoms with van der Waals surface area (Å²) in [5, 5.41) is 0. The van der Waals surface area contributed by atoms with Crippen LogP contribution in [0, 0.1) is 0 Å². The fourth-order valence-corrected chi connectivity index (χ4v) is 2.78. The van der Waals surface area contributed by atoms with Gasteiger partial charge in [0.2, 0.25) is 0 Å². The van der Waals surface area contributed by atoms with Crippen molar-refractivity contribution in [3.8, 4) is 0 Å². The lowest BCUT2D eigenvalue weighted by molar-refractivity contribution is 0.0957. The molecule has 0 bridgehead atoms. The molecule has 0 N–H and O–H groups in total. The Labute approximate surface area is 119 Å². The molecule has 3 rings (SSSR count). The van der Waals surface area contributed by atoms with E-state index in [1.807, 2.05) is 48.5 Å². The van der Waals surface area contributed by atoms with Crippen molar-refractivity contribution in [1.29, 1.82) is 0 Å². The summed E-state index contributed by atoms with van der Waals surface area (Å²) in [6.45, 7) is 3.35. The zero-order valence-electron chi connectivity index (χ0n) is 11.6. The number of ether oxygens (including phenoxy) is 1. The van der Waals surface area contributed by atoms with Crippen LogP contribution in [0.15, 0.2) is 48.5 Å². The van der Waals surface area contributed by atoms with Crippen molar-refractivity contribution in [3.63, 3.8) is 0 Å². The molecule has 0 aliphatic carbocycles. The molecule has 2 heteroatoms. The number of carbonyl (C=O) groups is 1. The van der Waals surface area contributed by atoms with Crippen molar-refractivity contribution in [2.24, 2.45) is 0 Å². The molecule has 0 aromatic heterocycles. The molecule has 0 saturated heterocycles. The van der Waals surface area contributed by atoms with Gasteiger partial charge in [0.15, 0.2) is 5.78 Å². The monoisotopic (exact) mass is 266 g/mol. The maximum atomic E-state index is 12.7. The molecule has 0 spiro atoms. The van der Waals surface area contributed by atoms with Crippen molar-refractivity contribution in [3.05, 3.63) is 70.8 Å². The fourth-order valence-electron chi connectivity index (χ4n) is 2.78. The Morgan fingerprint density at radius 2 is 1.85 bits per heavy atom. The van der Waals surface area contributed by atoms with Crippen LogP contribution in [0.3, 0.4) is 0 Å². The molecule has 2 aromatic carbocycles. The summed E-state index contributed by atoms with van der Waals surface area (Å²) in [6.07, 6.45) is 0.816. The minimum absolute atomic E-state index is 0.0587. The maximum Gasteiger partial charge on any atom is 0.170 e. The first-order chi connectivity index (χ1) is 9.79. The van der Waals surface area contributed by atoms with E-state index in [4.69, 9.17) is 4.74 Å². The van der Waals surface area contributed by atoms with Gasteiger partial charge in [0, 0.05) is 11.5 Å². The number of benzene rings is 2. The SMILES string of the molecule is CCC(C(=O)c1ccc2c(c1)COC2)c1ccccc1. The average Bonchev–Trinajstić information content (AvgIpc) is 2.96. The molecular formula is C18H18O2. The van der Waals surface area contributed by atoms with Crippen LogP contribution in [0.4, 0.5) is 0 Å². The highest BCUT2D eigenvalue weighted by Crippen LogP contribution is 2.27. The standard InChI is InChI=1S/C18H18O2/c1-2-17(13-6-4-3-5-7-13)18(19)14-8-9-15-11-20-12-16(15)10-14/h3-10,17H,2,11-12H2,1H3. The summed E-state index contributed by atoms with van der Waals surface area (Å²) < 4.78 is 5.41. The number of hydrogen-bond donors (Lipinski definition) is 0. The first-order valence-corrected chi connectivity index (χ1v) is 7.08. The highest BCUT2D eigenvalue weighted by molar-refractivity contribution is 6.01. The van der Waals surface area contributed by atoms with E-state index in [9.17, 15) is 4.79 Å². The van der Waals surface area contributed by atoms with Crippen molar-refractivity contribution in [1.82, 2.24) is 0 Å². The molecule has 1 heterocycles. The Morgan fingerprint density at radius 3 is 2.60 bits per heavy atom. The van der Waals surface area contributed by atoms with Gasteiger partial charge >= 0.3 is 0 Å². The highest BCUT2D eigenvalue weighted by atomic mass is 16.5. The van der Waals surface area contributed by atoms with Crippen LogP contribution in [-0.2, 0) is 18.0 Å². The van der Waals surface area contributed by atoms with E-state index in [-0.39, 0.29) is 11.7 Å². The van der Waals surface area contributed by atoms with Gasteiger partial charge in [-0.15, -0.1) is 0 Å². The van der Waals surface area contributed by atoms with E-state index in [1.54, 1.807) is 0 Å². The molecule has 0 amide bonds. The second-order valence-corrected chi connectivity index (χ2v) is 5.21. The first-order valence-electron chi connectivity index (χ1n) is 7.08. The molecule has 2 nitrogen and oxygen atoms in total. The highest BCUT2D eigenvalue weighted by Gasteiger charge is 2.21. The molecule has 1 unspecified atom stereocenters. The molecule has 20 heavy (non-hydrogen) atoms. The van der Waals surface area contributed by atoms with Crippen LogP contribution in [-0.4, -0.2) is 5.78 Å².